The zero-order valence-corrected chi connectivity index (χ0v) is 18.6. The molecule has 0 rings (SSSR count). The summed E-state index contributed by atoms with van der Waals surface area (Å²) in [7, 11) is 0. The summed E-state index contributed by atoms with van der Waals surface area (Å²) >= 11 is 5.64. The van der Waals surface area contributed by atoms with Crippen molar-refractivity contribution in [3.05, 3.63) is 0 Å². The van der Waals surface area contributed by atoms with E-state index in [-0.39, 0.29) is 5.37 Å². The molecule has 1 amide bonds. The lowest BCUT2D eigenvalue weighted by Gasteiger charge is -2.19. The zero-order chi connectivity index (χ0) is 19.3. The van der Waals surface area contributed by atoms with Gasteiger partial charge in [0.05, 0.1) is 0 Å². The van der Waals surface area contributed by atoms with E-state index in [0.29, 0.717) is 0 Å². The molecule has 3 heteroatoms. The molecule has 2 nitrogen and oxygen atoms in total. The van der Waals surface area contributed by atoms with Crippen LogP contribution in [0.15, 0.2) is 0 Å². The van der Waals surface area contributed by atoms with Crippen LogP contribution in [0.1, 0.15) is 129 Å². The fourth-order valence-electron chi connectivity index (χ4n) is 3.49. The number of nitrogens with zero attached hydrogens (tertiary/aromatic N) is 1. The molecule has 0 heterocycles. The van der Waals surface area contributed by atoms with Crippen molar-refractivity contribution < 1.29 is 4.79 Å². The molecule has 0 aromatic rings. The molecular weight excluding hydrogens is 342 g/mol. The molecule has 0 N–H and O–H groups in total. The van der Waals surface area contributed by atoms with Crippen LogP contribution in [-0.4, -0.2) is 23.4 Å². The van der Waals surface area contributed by atoms with E-state index in [1.807, 2.05) is 0 Å². The minimum Gasteiger partial charge on any atom is -0.329 e. The van der Waals surface area contributed by atoms with Crippen molar-refractivity contribution in [3.63, 3.8) is 0 Å². The van der Waals surface area contributed by atoms with Crippen molar-refractivity contribution in [1.29, 1.82) is 0 Å². The summed E-state index contributed by atoms with van der Waals surface area (Å²) in [6, 6.07) is 0. The van der Waals surface area contributed by atoms with Crippen molar-refractivity contribution in [3.8, 4) is 0 Å². The maximum absolute atomic E-state index is 11.3. The third-order valence-electron chi connectivity index (χ3n) is 5.31. The van der Waals surface area contributed by atoms with E-state index in [4.69, 9.17) is 11.6 Å². The Morgan fingerprint density at radius 2 is 0.846 bits per heavy atom. The van der Waals surface area contributed by atoms with Crippen LogP contribution < -0.4 is 0 Å². The van der Waals surface area contributed by atoms with Gasteiger partial charge in [-0.1, -0.05) is 117 Å². The Morgan fingerprint density at radius 3 is 1.19 bits per heavy atom. The standard InChI is InChI=1S/C23H46ClNO/c1-3-5-7-8-9-10-11-12-13-14-15-16-17-18-19-20-22-25(23(24)26)21-6-4-2/h3-22H2,1-2H3. The van der Waals surface area contributed by atoms with Crippen molar-refractivity contribution in [2.75, 3.05) is 13.1 Å². The fourth-order valence-corrected chi connectivity index (χ4v) is 3.66. The first-order valence-corrected chi connectivity index (χ1v) is 12.0. The Labute approximate surface area is 169 Å². The maximum Gasteiger partial charge on any atom is 0.316 e. The van der Waals surface area contributed by atoms with Crippen molar-refractivity contribution in [2.24, 2.45) is 0 Å². The Kier molecular flexibility index (Phi) is 20.9. The van der Waals surface area contributed by atoms with Crippen LogP contribution in [0.5, 0.6) is 0 Å². The second-order valence-corrected chi connectivity index (χ2v) is 8.22. The number of rotatable bonds is 20. The topological polar surface area (TPSA) is 20.3 Å². The van der Waals surface area contributed by atoms with Crippen LogP contribution >= 0.6 is 11.6 Å². The van der Waals surface area contributed by atoms with Crippen LogP contribution in [-0.2, 0) is 0 Å². The molecule has 0 aliphatic rings. The summed E-state index contributed by atoms with van der Waals surface area (Å²) in [5.74, 6) is 0. The van der Waals surface area contributed by atoms with Gasteiger partial charge in [0.15, 0.2) is 0 Å². The number of halogens is 1. The van der Waals surface area contributed by atoms with E-state index >= 15 is 0 Å². The van der Waals surface area contributed by atoms with E-state index in [1.165, 1.54) is 96.3 Å². The first-order chi connectivity index (χ1) is 12.7. The number of unbranched alkanes of at least 4 members (excludes halogenated alkanes) is 16. The summed E-state index contributed by atoms with van der Waals surface area (Å²) in [6.07, 6.45) is 24.2. The van der Waals surface area contributed by atoms with Crippen molar-refractivity contribution in [2.45, 2.75) is 129 Å². The van der Waals surface area contributed by atoms with Crippen molar-refractivity contribution in [1.82, 2.24) is 4.90 Å². The summed E-state index contributed by atoms with van der Waals surface area (Å²) in [4.78, 5) is 13.1. The van der Waals surface area contributed by atoms with Gasteiger partial charge in [-0.15, -0.1) is 0 Å². The van der Waals surface area contributed by atoms with Crippen LogP contribution in [0, 0.1) is 0 Å². The maximum atomic E-state index is 11.3. The molecule has 0 unspecified atom stereocenters. The molecule has 0 aromatic carbocycles. The quantitative estimate of drug-likeness (QED) is 0.116. The minimum absolute atomic E-state index is 0.278. The third kappa shape index (κ3) is 18.5. The molecule has 0 atom stereocenters. The van der Waals surface area contributed by atoms with E-state index in [9.17, 15) is 4.79 Å². The van der Waals surface area contributed by atoms with Gasteiger partial charge in [-0.2, -0.15) is 0 Å². The molecule has 0 radical (unpaired) electrons. The van der Waals surface area contributed by atoms with Gasteiger partial charge in [-0.05, 0) is 24.4 Å². The van der Waals surface area contributed by atoms with E-state index in [2.05, 4.69) is 13.8 Å². The van der Waals surface area contributed by atoms with Crippen LogP contribution in [0.2, 0.25) is 0 Å². The number of hydrogen-bond donors (Lipinski definition) is 0. The number of carbonyl (C=O) groups is 1. The monoisotopic (exact) mass is 387 g/mol. The Bertz CT molecular complexity index is 296. The molecule has 156 valence electrons. The van der Waals surface area contributed by atoms with Crippen LogP contribution in [0.25, 0.3) is 0 Å². The first-order valence-electron chi connectivity index (χ1n) is 11.7. The number of amides is 1. The molecule has 0 aliphatic carbocycles. The summed E-state index contributed by atoms with van der Waals surface area (Å²) in [6.45, 7) is 6.08. The molecule has 0 aromatic heterocycles. The highest BCUT2D eigenvalue weighted by Gasteiger charge is 2.08. The van der Waals surface area contributed by atoms with Crippen LogP contribution in [0.4, 0.5) is 4.79 Å². The van der Waals surface area contributed by atoms with Gasteiger partial charge in [0.2, 0.25) is 0 Å². The first kappa shape index (κ1) is 25.8. The Morgan fingerprint density at radius 1 is 0.538 bits per heavy atom. The summed E-state index contributed by atoms with van der Waals surface area (Å²) in [5.41, 5.74) is 0. The van der Waals surface area contributed by atoms with E-state index in [1.54, 1.807) is 4.90 Å². The SMILES string of the molecule is CCCCCCCCCCCCCCCCCCN(CCCC)C(=O)Cl. The van der Waals surface area contributed by atoms with Gasteiger partial charge in [-0.25, -0.2) is 0 Å². The molecule has 0 fully saturated rings. The predicted molar refractivity (Wildman–Crippen MR) is 117 cm³/mol. The molecule has 0 aliphatic heterocycles. The van der Waals surface area contributed by atoms with Gasteiger partial charge in [-0.3, -0.25) is 4.79 Å². The fraction of sp³-hybridized carbons (Fsp3) is 0.957. The smallest absolute Gasteiger partial charge is 0.316 e. The lowest BCUT2D eigenvalue weighted by Crippen LogP contribution is -2.28. The average molecular weight is 388 g/mol. The number of carbonyl (C=O) groups excluding carboxylic acids is 1. The highest BCUT2D eigenvalue weighted by atomic mass is 35.5. The molecule has 26 heavy (non-hydrogen) atoms. The molecule has 0 saturated carbocycles. The normalized spacial score (nSPS) is 11.0. The highest BCUT2D eigenvalue weighted by Crippen LogP contribution is 2.14. The second-order valence-electron chi connectivity index (χ2n) is 7.90. The molecular formula is C23H46ClNO. The van der Waals surface area contributed by atoms with Gasteiger partial charge >= 0.3 is 5.37 Å². The zero-order valence-electron chi connectivity index (χ0n) is 17.9. The molecule has 0 saturated heterocycles. The molecule has 0 bridgehead atoms. The summed E-state index contributed by atoms with van der Waals surface area (Å²) < 4.78 is 0. The Hall–Kier alpha value is -0.240. The number of hydrogen-bond acceptors (Lipinski definition) is 1. The predicted octanol–water partition coefficient (Wildman–Crippen LogP) is 8.71. The largest absolute Gasteiger partial charge is 0.329 e. The van der Waals surface area contributed by atoms with Gasteiger partial charge in [0, 0.05) is 13.1 Å². The Balaban J connectivity index is 3.22. The lowest BCUT2D eigenvalue weighted by atomic mass is 10.0. The molecule has 0 spiro atoms. The average Bonchev–Trinajstić information content (AvgIpc) is 2.63. The summed E-state index contributed by atoms with van der Waals surface area (Å²) in [5, 5.41) is -0.278. The third-order valence-corrected chi connectivity index (χ3v) is 5.55. The second kappa shape index (κ2) is 21.1. The lowest BCUT2D eigenvalue weighted by molar-refractivity contribution is 0.219. The van der Waals surface area contributed by atoms with Gasteiger partial charge < -0.3 is 4.90 Å². The van der Waals surface area contributed by atoms with Gasteiger partial charge in [0.1, 0.15) is 0 Å². The minimum atomic E-state index is -0.278. The van der Waals surface area contributed by atoms with E-state index in [0.717, 1.165) is 32.4 Å². The van der Waals surface area contributed by atoms with Crippen molar-refractivity contribution >= 4 is 17.0 Å². The van der Waals surface area contributed by atoms with Crippen LogP contribution in [0.3, 0.4) is 0 Å². The highest BCUT2D eigenvalue weighted by molar-refractivity contribution is 6.62. The van der Waals surface area contributed by atoms with E-state index < -0.39 is 0 Å². The van der Waals surface area contributed by atoms with Gasteiger partial charge in [0.25, 0.3) is 0 Å².